The van der Waals surface area contributed by atoms with E-state index in [1.807, 2.05) is 11.8 Å². The Morgan fingerprint density at radius 2 is 1.82 bits per heavy atom. The van der Waals surface area contributed by atoms with Crippen LogP contribution in [0, 0.1) is 6.92 Å². The highest BCUT2D eigenvalue weighted by molar-refractivity contribution is 5.88. The van der Waals surface area contributed by atoms with E-state index in [1.54, 1.807) is 12.1 Å². The molecule has 0 radical (unpaired) electrons. The number of carboxylic acids is 1. The van der Waals surface area contributed by atoms with Crippen LogP contribution in [0.2, 0.25) is 0 Å². The molecular formula is C12H17NO4. The average molecular weight is 239 g/mol. The van der Waals surface area contributed by atoms with Gasteiger partial charge in [0.1, 0.15) is 0 Å². The Morgan fingerprint density at radius 1 is 1.24 bits per heavy atom. The Morgan fingerprint density at radius 3 is 2.24 bits per heavy atom. The summed E-state index contributed by atoms with van der Waals surface area (Å²) >= 11 is 0. The van der Waals surface area contributed by atoms with Gasteiger partial charge in [0.25, 0.3) is 0 Å². The van der Waals surface area contributed by atoms with Crippen molar-refractivity contribution in [1.29, 1.82) is 0 Å². The fraction of sp³-hybridized carbons (Fsp3) is 0.417. The zero-order valence-corrected chi connectivity index (χ0v) is 9.76. The third kappa shape index (κ3) is 3.44. The average Bonchev–Trinajstić information content (AvgIpc) is 2.28. The van der Waals surface area contributed by atoms with Gasteiger partial charge in [-0.1, -0.05) is 0 Å². The number of carboxylic acid groups (broad SMARTS) is 1. The molecule has 1 rings (SSSR count). The minimum Gasteiger partial charge on any atom is -0.478 e. The number of carbonyl (C=O) groups is 1. The summed E-state index contributed by atoms with van der Waals surface area (Å²) in [6, 6.07) is 4.80. The largest absolute Gasteiger partial charge is 0.478 e. The van der Waals surface area contributed by atoms with Crippen LogP contribution in [0.1, 0.15) is 15.9 Å². The van der Waals surface area contributed by atoms with Crippen molar-refractivity contribution in [2.75, 3.05) is 31.2 Å². The lowest BCUT2D eigenvalue weighted by atomic mass is 10.1. The van der Waals surface area contributed by atoms with Crippen molar-refractivity contribution in [2.45, 2.75) is 6.92 Å². The summed E-state index contributed by atoms with van der Waals surface area (Å²) in [4.78, 5) is 12.6. The van der Waals surface area contributed by atoms with Crippen LogP contribution in [0.3, 0.4) is 0 Å². The molecule has 0 bridgehead atoms. The van der Waals surface area contributed by atoms with E-state index in [-0.39, 0.29) is 18.8 Å². The van der Waals surface area contributed by atoms with Gasteiger partial charge in [0, 0.05) is 18.8 Å². The third-order valence-corrected chi connectivity index (χ3v) is 2.52. The number of aryl methyl sites for hydroxylation is 1. The van der Waals surface area contributed by atoms with Crippen LogP contribution in [0.5, 0.6) is 0 Å². The zero-order chi connectivity index (χ0) is 12.8. The number of nitrogens with zero attached hydrogens (tertiary/aromatic N) is 1. The predicted octanol–water partition coefficient (Wildman–Crippen LogP) is 0.484. The molecular weight excluding hydrogens is 222 g/mol. The Balaban J connectivity index is 2.99. The zero-order valence-electron chi connectivity index (χ0n) is 9.76. The maximum absolute atomic E-state index is 10.8. The number of rotatable bonds is 6. The molecule has 5 nitrogen and oxygen atoms in total. The quantitative estimate of drug-likeness (QED) is 0.673. The van der Waals surface area contributed by atoms with Gasteiger partial charge in [0.2, 0.25) is 0 Å². The van der Waals surface area contributed by atoms with Gasteiger partial charge in [-0.15, -0.1) is 0 Å². The van der Waals surface area contributed by atoms with Crippen molar-refractivity contribution < 1.29 is 20.1 Å². The molecule has 0 saturated carbocycles. The maximum Gasteiger partial charge on any atom is 0.335 e. The second-order valence-electron chi connectivity index (χ2n) is 3.74. The number of hydrogen-bond acceptors (Lipinski definition) is 4. The van der Waals surface area contributed by atoms with E-state index < -0.39 is 5.97 Å². The van der Waals surface area contributed by atoms with Gasteiger partial charge in [-0.2, -0.15) is 0 Å². The van der Waals surface area contributed by atoms with Crippen molar-refractivity contribution in [3.63, 3.8) is 0 Å². The van der Waals surface area contributed by atoms with Gasteiger partial charge >= 0.3 is 5.97 Å². The highest BCUT2D eigenvalue weighted by Gasteiger charge is 2.10. The molecule has 0 aliphatic carbocycles. The lowest BCUT2D eigenvalue weighted by Gasteiger charge is -2.24. The van der Waals surface area contributed by atoms with E-state index in [1.165, 1.54) is 6.07 Å². The van der Waals surface area contributed by atoms with Crippen molar-refractivity contribution >= 4 is 11.7 Å². The van der Waals surface area contributed by atoms with Crippen LogP contribution in [-0.4, -0.2) is 47.6 Å². The second-order valence-corrected chi connectivity index (χ2v) is 3.74. The topological polar surface area (TPSA) is 81.0 Å². The van der Waals surface area contributed by atoms with Crippen molar-refractivity contribution in [3.8, 4) is 0 Å². The Bertz CT molecular complexity index is 386. The van der Waals surface area contributed by atoms with Gasteiger partial charge in [0.05, 0.1) is 18.8 Å². The highest BCUT2D eigenvalue weighted by atomic mass is 16.4. The molecule has 0 aliphatic rings. The monoisotopic (exact) mass is 239 g/mol. The molecule has 1 aromatic rings. The molecule has 0 saturated heterocycles. The fourth-order valence-corrected chi connectivity index (χ4v) is 1.74. The number of aliphatic hydroxyl groups excluding tert-OH is 2. The molecule has 5 heteroatoms. The van der Waals surface area contributed by atoms with Crippen LogP contribution in [-0.2, 0) is 0 Å². The van der Waals surface area contributed by atoms with Gasteiger partial charge in [-0.05, 0) is 30.7 Å². The number of aromatic carboxylic acids is 1. The molecule has 0 aliphatic heterocycles. The molecule has 0 fully saturated rings. The van der Waals surface area contributed by atoms with Crippen LogP contribution < -0.4 is 4.90 Å². The first-order valence-electron chi connectivity index (χ1n) is 5.40. The van der Waals surface area contributed by atoms with E-state index in [9.17, 15) is 4.79 Å². The number of aliphatic hydroxyl groups is 2. The van der Waals surface area contributed by atoms with Crippen LogP contribution in [0.4, 0.5) is 5.69 Å². The van der Waals surface area contributed by atoms with Crippen LogP contribution in [0.15, 0.2) is 18.2 Å². The highest BCUT2D eigenvalue weighted by Crippen LogP contribution is 2.21. The molecule has 0 spiro atoms. The van der Waals surface area contributed by atoms with E-state index in [4.69, 9.17) is 15.3 Å². The van der Waals surface area contributed by atoms with Crippen molar-refractivity contribution in [3.05, 3.63) is 29.3 Å². The minimum absolute atomic E-state index is 0.0138. The number of anilines is 1. The summed E-state index contributed by atoms with van der Waals surface area (Å²) in [6.45, 7) is 2.60. The lowest BCUT2D eigenvalue weighted by molar-refractivity contribution is 0.0697. The Labute approximate surface area is 99.9 Å². The minimum atomic E-state index is -0.962. The summed E-state index contributed by atoms with van der Waals surface area (Å²) in [6.07, 6.45) is 0. The maximum atomic E-state index is 10.8. The molecule has 1 aromatic carbocycles. The second kappa shape index (κ2) is 6.22. The summed E-state index contributed by atoms with van der Waals surface area (Å²) in [5.74, 6) is -0.962. The van der Waals surface area contributed by atoms with Gasteiger partial charge in [-0.3, -0.25) is 0 Å². The first kappa shape index (κ1) is 13.5. The standard InChI is InChI=1S/C12H17NO4/c1-9-8-10(12(16)17)2-3-11(9)13(4-6-14)5-7-15/h2-3,8,14-15H,4-7H2,1H3,(H,16,17). The number of benzene rings is 1. The molecule has 94 valence electrons. The van der Waals surface area contributed by atoms with Crippen molar-refractivity contribution in [2.24, 2.45) is 0 Å². The predicted molar refractivity (Wildman–Crippen MR) is 64.5 cm³/mol. The van der Waals surface area contributed by atoms with Gasteiger partial charge in [0.15, 0.2) is 0 Å². The van der Waals surface area contributed by atoms with Gasteiger partial charge in [-0.25, -0.2) is 4.79 Å². The SMILES string of the molecule is Cc1cc(C(=O)O)ccc1N(CCO)CCO. The lowest BCUT2D eigenvalue weighted by Crippen LogP contribution is -2.30. The molecule has 0 heterocycles. The van der Waals surface area contributed by atoms with Gasteiger partial charge < -0.3 is 20.2 Å². The molecule has 0 unspecified atom stereocenters. The Kier molecular flexibility index (Phi) is 4.93. The molecule has 0 amide bonds. The Hall–Kier alpha value is -1.59. The van der Waals surface area contributed by atoms with E-state index in [0.717, 1.165) is 11.3 Å². The summed E-state index contributed by atoms with van der Waals surface area (Å²) in [7, 11) is 0. The molecule has 0 atom stereocenters. The van der Waals surface area contributed by atoms with E-state index in [2.05, 4.69) is 0 Å². The first-order valence-corrected chi connectivity index (χ1v) is 5.40. The summed E-state index contributed by atoms with van der Waals surface area (Å²) in [5, 5.41) is 26.7. The number of hydrogen-bond donors (Lipinski definition) is 3. The van der Waals surface area contributed by atoms with Crippen molar-refractivity contribution in [1.82, 2.24) is 0 Å². The van der Waals surface area contributed by atoms with Crippen LogP contribution >= 0.6 is 0 Å². The summed E-state index contributed by atoms with van der Waals surface area (Å²) in [5.41, 5.74) is 1.88. The first-order chi connectivity index (χ1) is 8.10. The third-order valence-electron chi connectivity index (χ3n) is 2.52. The molecule has 3 N–H and O–H groups in total. The van der Waals surface area contributed by atoms with E-state index >= 15 is 0 Å². The summed E-state index contributed by atoms with van der Waals surface area (Å²) < 4.78 is 0. The van der Waals surface area contributed by atoms with E-state index in [0.29, 0.717) is 13.1 Å². The smallest absolute Gasteiger partial charge is 0.335 e. The van der Waals surface area contributed by atoms with Crippen LogP contribution in [0.25, 0.3) is 0 Å². The molecule has 0 aromatic heterocycles. The molecule has 17 heavy (non-hydrogen) atoms. The normalized spacial score (nSPS) is 10.3. The fourth-order valence-electron chi connectivity index (χ4n) is 1.74.